The average molecular weight is 239 g/mol. The summed E-state index contributed by atoms with van der Waals surface area (Å²) in [6.07, 6.45) is -0.577. The molecule has 1 aliphatic rings. The first-order valence-corrected chi connectivity index (χ1v) is 5.52. The Morgan fingerprint density at radius 1 is 1.59 bits per heavy atom. The van der Waals surface area contributed by atoms with Gasteiger partial charge in [0.25, 0.3) is 0 Å². The van der Waals surface area contributed by atoms with Crippen LogP contribution in [-0.2, 0) is 4.79 Å². The third kappa shape index (κ3) is 2.39. The van der Waals surface area contributed by atoms with Crippen molar-refractivity contribution in [2.75, 3.05) is 18.1 Å². The Labute approximate surface area is 98.6 Å². The number of β-amino-alcohol motifs (C(OH)–C–C–N with tert-alkyl or cyclic N) is 1. The smallest absolute Gasteiger partial charge is 0.229 e. The highest BCUT2D eigenvalue weighted by Gasteiger charge is 2.29. The molecule has 1 aromatic carbocycles. The van der Waals surface area contributed by atoms with Crippen molar-refractivity contribution in [1.82, 2.24) is 0 Å². The van der Waals surface area contributed by atoms with E-state index in [1.165, 1.54) is 17.0 Å². The van der Waals surface area contributed by atoms with Gasteiger partial charge in [0.15, 0.2) is 11.6 Å². The van der Waals surface area contributed by atoms with E-state index in [1.807, 2.05) is 0 Å². The predicted octanol–water partition coefficient (Wildman–Crippen LogP) is 1.32. The van der Waals surface area contributed by atoms with Crippen molar-refractivity contribution in [2.24, 2.45) is 0 Å². The molecule has 1 saturated heterocycles. The number of hydrogen-bond acceptors (Lipinski definition) is 3. The minimum Gasteiger partial charge on any atom is -0.491 e. The summed E-state index contributed by atoms with van der Waals surface area (Å²) in [5, 5.41) is 9.36. The molecular weight excluding hydrogens is 225 g/mol. The Hall–Kier alpha value is -1.62. The SMILES string of the molecule is CCOc1ccc(N2CC(O)CC2=O)cc1F. The lowest BCUT2D eigenvalue weighted by atomic mass is 10.2. The molecule has 0 saturated carbocycles. The Morgan fingerprint density at radius 3 is 2.88 bits per heavy atom. The number of ether oxygens (including phenoxy) is 1. The zero-order valence-corrected chi connectivity index (χ0v) is 9.52. The molecule has 17 heavy (non-hydrogen) atoms. The highest BCUT2D eigenvalue weighted by Crippen LogP contribution is 2.26. The molecule has 1 heterocycles. The van der Waals surface area contributed by atoms with Crippen LogP contribution in [0.5, 0.6) is 5.75 Å². The second-order valence-corrected chi connectivity index (χ2v) is 3.91. The molecule has 0 spiro atoms. The van der Waals surface area contributed by atoms with Gasteiger partial charge in [-0.05, 0) is 19.1 Å². The second-order valence-electron chi connectivity index (χ2n) is 3.91. The first-order chi connectivity index (χ1) is 8.11. The molecule has 0 aliphatic carbocycles. The number of halogens is 1. The molecule has 92 valence electrons. The van der Waals surface area contributed by atoms with E-state index in [4.69, 9.17) is 4.74 Å². The number of aliphatic hydroxyl groups excluding tert-OH is 1. The van der Waals surface area contributed by atoms with Gasteiger partial charge in [-0.25, -0.2) is 4.39 Å². The van der Waals surface area contributed by atoms with Crippen molar-refractivity contribution in [3.8, 4) is 5.75 Å². The summed E-state index contributed by atoms with van der Waals surface area (Å²) in [5.41, 5.74) is 0.451. The van der Waals surface area contributed by atoms with Crippen LogP contribution in [0.25, 0.3) is 0 Å². The van der Waals surface area contributed by atoms with Gasteiger partial charge in [0.1, 0.15) is 0 Å². The number of nitrogens with zero attached hydrogens (tertiary/aromatic N) is 1. The molecule has 5 heteroatoms. The molecule has 1 atom stereocenters. The quantitative estimate of drug-likeness (QED) is 0.865. The zero-order valence-electron chi connectivity index (χ0n) is 9.52. The summed E-state index contributed by atoms with van der Waals surface area (Å²) in [6, 6.07) is 4.36. The number of carbonyl (C=O) groups is 1. The normalized spacial score (nSPS) is 19.8. The number of anilines is 1. The van der Waals surface area contributed by atoms with Crippen LogP contribution >= 0.6 is 0 Å². The number of rotatable bonds is 3. The summed E-state index contributed by atoms with van der Waals surface area (Å²) in [5.74, 6) is -0.525. The van der Waals surface area contributed by atoms with Gasteiger partial charge in [-0.15, -0.1) is 0 Å². The summed E-state index contributed by atoms with van der Waals surface area (Å²) in [4.78, 5) is 12.9. The molecule has 1 amide bonds. The van der Waals surface area contributed by atoms with Crippen molar-refractivity contribution in [2.45, 2.75) is 19.4 Å². The monoisotopic (exact) mass is 239 g/mol. The lowest BCUT2D eigenvalue weighted by Crippen LogP contribution is -2.25. The van der Waals surface area contributed by atoms with E-state index in [1.54, 1.807) is 13.0 Å². The fourth-order valence-electron chi connectivity index (χ4n) is 1.87. The largest absolute Gasteiger partial charge is 0.491 e. The van der Waals surface area contributed by atoms with Crippen molar-refractivity contribution in [3.63, 3.8) is 0 Å². The van der Waals surface area contributed by atoms with Gasteiger partial charge in [-0.1, -0.05) is 0 Å². The molecular formula is C12H14FNO3. The van der Waals surface area contributed by atoms with Gasteiger partial charge in [0, 0.05) is 11.8 Å². The van der Waals surface area contributed by atoms with E-state index >= 15 is 0 Å². The van der Waals surface area contributed by atoms with Gasteiger partial charge < -0.3 is 14.7 Å². The second kappa shape index (κ2) is 4.71. The highest BCUT2D eigenvalue weighted by molar-refractivity contribution is 5.96. The molecule has 0 radical (unpaired) electrons. The number of amides is 1. The molecule has 1 unspecified atom stereocenters. The fraction of sp³-hybridized carbons (Fsp3) is 0.417. The fourth-order valence-corrected chi connectivity index (χ4v) is 1.87. The van der Waals surface area contributed by atoms with Gasteiger partial charge in [-0.3, -0.25) is 4.79 Å². The summed E-state index contributed by atoms with van der Waals surface area (Å²) in [7, 11) is 0. The number of benzene rings is 1. The maximum atomic E-state index is 13.6. The standard InChI is InChI=1S/C12H14FNO3/c1-2-17-11-4-3-8(5-10(11)13)14-7-9(15)6-12(14)16/h3-5,9,15H,2,6-7H2,1H3. The number of hydrogen-bond donors (Lipinski definition) is 1. The van der Waals surface area contributed by atoms with Crippen LogP contribution < -0.4 is 9.64 Å². The molecule has 1 aromatic rings. The maximum Gasteiger partial charge on any atom is 0.229 e. The molecule has 1 aliphatic heterocycles. The lowest BCUT2D eigenvalue weighted by Gasteiger charge is -2.16. The van der Waals surface area contributed by atoms with E-state index in [0.29, 0.717) is 12.3 Å². The van der Waals surface area contributed by atoms with Crippen molar-refractivity contribution < 1.29 is 19.0 Å². The lowest BCUT2D eigenvalue weighted by molar-refractivity contribution is -0.117. The van der Waals surface area contributed by atoms with E-state index < -0.39 is 11.9 Å². The van der Waals surface area contributed by atoms with Crippen LogP contribution in [0.1, 0.15) is 13.3 Å². The minimum atomic E-state index is -0.669. The van der Waals surface area contributed by atoms with Crippen LogP contribution in [0.2, 0.25) is 0 Å². The number of aliphatic hydroxyl groups is 1. The maximum absolute atomic E-state index is 13.6. The summed E-state index contributed by atoms with van der Waals surface area (Å²) < 4.78 is 18.7. The topological polar surface area (TPSA) is 49.8 Å². The Morgan fingerprint density at radius 2 is 2.35 bits per heavy atom. The molecule has 0 aromatic heterocycles. The van der Waals surface area contributed by atoms with Gasteiger partial charge in [0.2, 0.25) is 5.91 Å². The Kier molecular flexibility index (Phi) is 3.28. The molecule has 1 fully saturated rings. The molecule has 1 N–H and O–H groups in total. The average Bonchev–Trinajstić information content (AvgIpc) is 2.61. The molecule has 0 bridgehead atoms. The van der Waals surface area contributed by atoms with E-state index in [-0.39, 0.29) is 24.6 Å². The van der Waals surface area contributed by atoms with E-state index in [2.05, 4.69) is 0 Å². The summed E-state index contributed by atoms with van der Waals surface area (Å²) in [6.45, 7) is 2.37. The minimum absolute atomic E-state index is 0.0921. The Balaban J connectivity index is 2.23. The van der Waals surface area contributed by atoms with Gasteiger partial charge >= 0.3 is 0 Å². The van der Waals surface area contributed by atoms with Crippen LogP contribution in [0.3, 0.4) is 0 Å². The van der Waals surface area contributed by atoms with Crippen molar-refractivity contribution in [3.05, 3.63) is 24.0 Å². The highest BCUT2D eigenvalue weighted by atomic mass is 19.1. The third-order valence-corrected chi connectivity index (χ3v) is 2.63. The van der Waals surface area contributed by atoms with Gasteiger partial charge in [0.05, 0.1) is 25.7 Å². The first kappa shape index (κ1) is 11.9. The molecule has 4 nitrogen and oxygen atoms in total. The van der Waals surface area contributed by atoms with Crippen LogP contribution in [0.4, 0.5) is 10.1 Å². The first-order valence-electron chi connectivity index (χ1n) is 5.52. The van der Waals surface area contributed by atoms with Crippen LogP contribution in [-0.4, -0.2) is 30.3 Å². The zero-order chi connectivity index (χ0) is 12.4. The van der Waals surface area contributed by atoms with E-state index in [0.717, 1.165) is 0 Å². The van der Waals surface area contributed by atoms with Crippen LogP contribution in [0.15, 0.2) is 18.2 Å². The summed E-state index contributed by atoms with van der Waals surface area (Å²) >= 11 is 0. The number of carbonyl (C=O) groups excluding carboxylic acids is 1. The van der Waals surface area contributed by atoms with Gasteiger partial charge in [-0.2, -0.15) is 0 Å². The van der Waals surface area contributed by atoms with Crippen molar-refractivity contribution in [1.29, 1.82) is 0 Å². The third-order valence-electron chi connectivity index (χ3n) is 2.63. The van der Waals surface area contributed by atoms with Crippen molar-refractivity contribution >= 4 is 11.6 Å². The van der Waals surface area contributed by atoms with E-state index in [9.17, 15) is 14.3 Å². The molecule has 2 rings (SSSR count). The predicted molar refractivity (Wildman–Crippen MR) is 60.5 cm³/mol. The Bertz CT molecular complexity index is 436. The van der Waals surface area contributed by atoms with Crippen LogP contribution in [0, 0.1) is 5.82 Å².